The molecule has 0 aliphatic carbocycles. The van der Waals surface area contributed by atoms with Crippen molar-refractivity contribution in [3.8, 4) is 11.5 Å². The van der Waals surface area contributed by atoms with Gasteiger partial charge in [0.25, 0.3) is 0 Å². The van der Waals surface area contributed by atoms with E-state index < -0.39 is 12.3 Å². The number of amides is 1. The van der Waals surface area contributed by atoms with Crippen molar-refractivity contribution >= 4 is 11.9 Å². The number of carboxylic acid groups (broad SMARTS) is 1. The highest BCUT2D eigenvalue weighted by atomic mass is 16.7. The number of carbonyl (C=O) groups excluding carboxylic acids is 1. The second-order valence-electron chi connectivity index (χ2n) is 11.9. The number of methoxy groups -OCH3 is 2. The lowest BCUT2D eigenvalue weighted by Gasteiger charge is -2.39. The molecule has 2 aliphatic heterocycles. The Balaban J connectivity index is 1.25. The Bertz CT molecular complexity index is 1460. The van der Waals surface area contributed by atoms with Crippen LogP contribution in [0.5, 0.6) is 11.5 Å². The SMILES string of the molecule is COc1cc2c(cc1OC)CN(CC1CC(c3ccc(CO)cc3)OC(c3ccc(CNC(=O)CCCCC(=O)O)cc3)O1)CC2. The summed E-state index contributed by atoms with van der Waals surface area (Å²) < 4.78 is 24.2. The van der Waals surface area contributed by atoms with Gasteiger partial charge in [-0.05, 0) is 59.2 Å². The minimum absolute atomic E-state index is 0.00914. The van der Waals surface area contributed by atoms with E-state index in [1.165, 1.54) is 11.1 Å². The first kappa shape index (κ1) is 33.4. The van der Waals surface area contributed by atoms with Crippen molar-refractivity contribution in [1.82, 2.24) is 10.2 Å². The molecule has 3 unspecified atom stereocenters. The Labute approximate surface area is 270 Å². The normalized spacial score (nSPS) is 19.7. The van der Waals surface area contributed by atoms with E-state index in [1.807, 2.05) is 48.5 Å². The van der Waals surface area contributed by atoms with Crippen LogP contribution in [-0.2, 0) is 45.2 Å². The van der Waals surface area contributed by atoms with Crippen LogP contribution in [0.3, 0.4) is 0 Å². The zero-order valence-corrected chi connectivity index (χ0v) is 26.6. The molecule has 0 spiro atoms. The monoisotopic (exact) mass is 632 g/mol. The van der Waals surface area contributed by atoms with Gasteiger partial charge in [0.2, 0.25) is 5.91 Å². The second kappa shape index (κ2) is 16.0. The lowest BCUT2D eigenvalue weighted by molar-refractivity contribution is -0.253. The van der Waals surface area contributed by atoms with Gasteiger partial charge in [-0.3, -0.25) is 14.5 Å². The van der Waals surface area contributed by atoms with Crippen molar-refractivity contribution in [2.45, 2.75) is 76.7 Å². The molecule has 1 amide bonds. The van der Waals surface area contributed by atoms with Crippen molar-refractivity contribution in [2.24, 2.45) is 0 Å². The Morgan fingerprint density at radius 1 is 0.891 bits per heavy atom. The average Bonchev–Trinajstić information content (AvgIpc) is 3.08. The molecule has 2 aliphatic rings. The molecule has 3 aromatic carbocycles. The van der Waals surface area contributed by atoms with E-state index in [0.717, 1.165) is 59.8 Å². The third-order valence-electron chi connectivity index (χ3n) is 8.66. The molecule has 5 rings (SSSR count). The van der Waals surface area contributed by atoms with Crippen molar-refractivity contribution < 1.29 is 38.7 Å². The van der Waals surface area contributed by atoms with Crippen LogP contribution in [0.15, 0.2) is 60.7 Å². The predicted molar refractivity (Wildman–Crippen MR) is 171 cm³/mol. The van der Waals surface area contributed by atoms with E-state index in [1.54, 1.807) is 14.2 Å². The molecule has 0 radical (unpaired) electrons. The first-order chi connectivity index (χ1) is 22.3. The number of rotatable bonds is 14. The van der Waals surface area contributed by atoms with Gasteiger partial charge in [0.1, 0.15) is 0 Å². The fraction of sp³-hybridized carbons (Fsp3) is 0.444. The highest BCUT2D eigenvalue weighted by molar-refractivity contribution is 5.75. The van der Waals surface area contributed by atoms with Gasteiger partial charge >= 0.3 is 5.97 Å². The van der Waals surface area contributed by atoms with Crippen LogP contribution in [0.25, 0.3) is 0 Å². The van der Waals surface area contributed by atoms with Crippen LogP contribution < -0.4 is 14.8 Å². The van der Waals surface area contributed by atoms with Crippen LogP contribution >= 0.6 is 0 Å². The number of aliphatic hydroxyl groups excluding tert-OH is 1. The van der Waals surface area contributed by atoms with Crippen LogP contribution in [-0.4, -0.2) is 60.4 Å². The minimum atomic E-state index is -0.844. The first-order valence-corrected chi connectivity index (χ1v) is 15.9. The van der Waals surface area contributed by atoms with E-state index in [4.69, 9.17) is 24.1 Å². The molecule has 3 atom stereocenters. The Hall–Kier alpha value is -3.96. The van der Waals surface area contributed by atoms with Crippen LogP contribution in [0.2, 0.25) is 0 Å². The standard InChI is InChI=1S/C36H44N2O8/c1-43-32-17-28-15-16-38(21-29(28)18-33(32)44-2)22-30-19-31(26-11-9-25(23-39)10-12-26)46-36(45-30)27-13-7-24(8-14-27)20-37-34(40)5-3-4-6-35(41)42/h7-14,17-18,30-31,36,39H,3-6,15-16,19-23H2,1-2H3,(H,37,40)(H,41,42). The number of benzene rings is 3. The van der Waals surface area contributed by atoms with Gasteiger partial charge in [-0.1, -0.05) is 48.5 Å². The number of fused-ring (bicyclic) bond motifs is 1. The van der Waals surface area contributed by atoms with Gasteiger partial charge in [-0.2, -0.15) is 0 Å². The first-order valence-electron chi connectivity index (χ1n) is 15.9. The smallest absolute Gasteiger partial charge is 0.303 e. The van der Waals surface area contributed by atoms with Gasteiger partial charge in [0, 0.05) is 51.0 Å². The predicted octanol–water partition coefficient (Wildman–Crippen LogP) is 5.06. The third-order valence-corrected chi connectivity index (χ3v) is 8.66. The number of carboxylic acids is 1. The van der Waals surface area contributed by atoms with Crippen molar-refractivity contribution in [1.29, 1.82) is 0 Å². The number of unbranched alkanes of at least 4 members (excludes halogenated alkanes) is 1. The summed E-state index contributed by atoms with van der Waals surface area (Å²) in [4.78, 5) is 25.3. The summed E-state index contributed by atoms with van der Waals surface area (Å²) in [6.45, 7) is 2.82. The molecule has 0 bridgehead atoms. The lowest BCUT2D eigenvalue weighted by atomic mass is 9.97. The van der Waals surface area contributed by atoms with Crippen LogP contribution in [0, 0.1) is 0 Å². The summed E-state index contributed by atoms with van der Waals surface area (Å²) in [6, 6.07) is 19.9. The Morgan fingerprint density at radius 3 is 2.22 bits per heavy atom. The summed E-state index contributed by atoms with van der Waals surface area (Å²) in [5.41, 5.74) is 6.24. The van der Waals surface area contributed by atoms with Gasteiger partial charge in [0.05, 0.1) is 33.0 Å². The molecule has 46 heavy (non-hydrogen) atoms. The fourth-order valence-electron chi connectivity index (χ4n) is 6.06. The van der Waals surface area contributed by atoms with Gasteiger partial charge in [-0.15, -0.1) is 0 Å². The zero-order chi connectivity index (χ0) is 32.5. The number of ether oxygens (including phenoxy) is 4. The lowest BCUT2D eigenvalue weighted by Crippen LogP contribution is -2.41. The maximum Gasteiger partial charge on any atom is 0.303 e. The minimum Gasteiger partial charge on any atom is -0.493 e. The number of aliphatic hydroxyl groups is 1. The summed E-state index contributed by atoms with van der Waals surface area (Å²) in [7, 11) is 3.32. The largest absolute Gasteiger partial charge is 0.493 e. The molecule has 246 valence electrons. The number of hydrogen-bond donors (Lipinski definition) is 3. The van der Waals surface area contributed by atoms with E-state index >= 15 is 0 Å². The molecule has 0 aromatic heterocycles. The zero-order valence-electron chi connectivity index (χ0n) is 26.6. The van der Waals surface area contributed by atoms with Crippen molar-refractivity contribution in [3.63, 3.8) is 0 Å². The van der Waals surface area contributed by atoms with Crippen molar-refractivity contribution in [2.75, 3.05) is 27.3 Å². The number of hydrogen-bond acceptors (Lipinski definition) is 8. The molecule has 10 nitrogen and oxygen atoms in total. The van der Waals surface area contributed by atoms with Crippen LogP contribution in [0.1, 0.15) is 77.9 Å². The highest BCUT2D eigenvalue weighted by Crippen LogP contribution is 2.39. The number of aliphatic carboxylic acids is 1. The molecule has 2 heterocycles. The summed E-state index contributed by atoms with van der Waals surface area (Å²) in [6.07, 6.45) is 2.19. The summed E-state index contributed by atoms with van der Waals surface area (Å²) in [5, 5.41) is 21.2. The van der Waals surface area contributed by atoms with Gasteiger partial charge < -0.3 is 34.5 Å². The fourth-order valence-corrected chi connectivity index (χ4v) is 6.06. The molecule has 10 heteroatoms. The Kier molecular flexibility index (Phi) is 11.7. The molecule has 1 saturated heterocycles. The quantitative estimate of drug-likeness (QED) is 0.209. The second-order valence-corrected chi connectivity index (χ2v) is 11.9. The van der Waals surface area contributed by atoms with E-state index in [2.05, 4.69) is 22.3 Å². The number of nitrogens with zero attached hydrogens (tertiary/aromatic N) is 1. The topological polar surface area (TPSA) is 127 Å². The van der Waals surface area contributed by atoms with Crippen molar-refractivity contribution in [3.05, 3.63) is 94.0 Å². The molecular weight excluding hydrogens is 588 g/mol. The molecule has 0 saturated carbocycles. The van der Waals surface area contributed by atoms with Gasteiger partial charge in [0.15, 0.2) is 17.8 Å². The maximum atomic E-state index is 12.2. The third kappa shape index (κ3) is 8.85. The molecule has 3 N–H and O–H groups in total. The van der Waals surface area contributed by atoms with Crippen LogP contribution in [0.4, 0.5) is 0 Å². The Morgan fingerprint density at radius 2 is 1.54 bits per heavy atom. The summed E-state index contributed by atoms with van der Waals surface area (Å²) >= 11 is 0. The van der Waals surface area contributed by atoms with Gasteiger partial charge in [-0.25, -0.2) is 0 Å². The average molecular weight is 633 g/mol. The number of nitrogens with one attached hydrogen (secondary N) is 1. The van der Waals surface area contributed by atoms with E-state index in [9.17, 15) is 14.7 Å². The molecular formula is C36H44N2O8. The number of carbonyl (C=O) groups is 2. The molecule has 3 aromatic rings. The maximum absolute atomic E-state index is 12.2. The summed E-state index contributed by atoms with van der Waals surface area (Å²) in [5.74, 6) is 0.546. The van der Waals surface area contributed by atoms with E-state index in [0.29, 0.717) is 32.2 Å². The highest BCUT2D eigenvalue weighted by Gasteiger charge is 2.34. The van der Waals surface area contributed by atoms with E-state index in [-0.39, 0.29) is 31.1 Å². The molecule has 1 fully saturated rings.